The predicted octanol–water partition coefficient (Wildman–Crippen LogP) is 3.16. The number of carbonyl (C=O) groups excluding carboxylic acids is 1. The normalized spacial score (nSPS) is 10.7. The van der Waals surface area contributed by atoms with Gasteiger partial charge in [0.1, 0.15) is 0 Å². The number of nitrogens with one attached hydrogen (secondary N) is 2. The summed E-state index contributed by atoms with van der Waals surface area (Å²) in [5.74, 6) is -1.38. The maximum atomic E-state index is 12.4. The van der Waals surface area contributed by atoms with Crippen LogP contribution in [0.15, 0.2) is 47.3 Å². The predicted molar refractivity (Wildman–Crippen MR) is 88.4 cm³/mol. The number of halogens is 2. The number of carbonyl (C=O) groups is 1. The van der Waals surface area contributed by atoms with Crippen molar-refractivity contribution in [3.8, 4) is 5.88 Å². The smallest absolute Gasteiger partial charge is 0.257 e. The summed E-state index contributed by atoms with van der Waals surface area (Å²) in [7, 11) is 0. The van der Waals surface area contributed by atoms with Gasteiger partial charge in [-0.25, -0.2) is 0 Å². The van der Waals surface area contributed by atoms with E-state index in [1.54, 1.807) is 30.3 Å². The van der Waals surface area contributed by atoms with Crippen LogP contribution in [0.2, 0.25) is 10.0 Å². The summed E-state index contributed by atoms with van der Waals surface area (Å²) in [6.07, 6.45) is 0. The lowest BCUT2D eigenvalue weighted by Gasteiger charge is -2.15. The van der Waals surface area contributed by atoms with Gasteiger partial charge >= 0.3 is 0 Å². The molecule has 3 aromatic rings. The Bertz CT molecular complexity index is 983. The summed E-state index contributed by atoms with van der Waals surface area (Å²) in [5.41, 5.74) is -0.276. The van der Waals surface area contributed by atoms with E-state index in [0.717, 1.165) is 0 Å². The third-order valence-corrected chi connectivity index (χ3v) is 4.04. The molecule has 0 unspecified atom stereocenters. The van der Waals surface area contributed by atoms with E-state index in [0.29, 0.717) is 16.1 Å². The number of H-pyrrole nitrogens is 1. The molecular weight excluding hydrogens is 339 g/mol. The molecule has 0 aliphatic rings. The maximum Gasteiger partial charge on any atom is 0.257 e. The van der Waals surface area contributed by atoms with Gasteiger partial charge in [-0.05, 0) is 30.1 Å². The maximum absolute atomic E-state index is 12.4. The molecule has 0 fully saturated rings. The van der Waals surface area contributed by atoms with Crippen molar-refractivity contribution >= 4 is 45.6 Å². The van der Waals surface area contributed by atoms with Gasteiger partial charge in [0.2, 0.25) is 0 Å². The molecule has 116 valence electrons. The van der Waals surface area contributed by atoms with Crippen LogP contribution in [0.3, 0.4) is 0 Å². The molecule has 3 rings (SSSR count). The number of pyridine rings is 1. The quantitative estimate of drug-likeness (QED) is 0.746. The van der Waals surface area contributed by atoms with E-state index in [1.807, 2.05) is 0 Å². The first-order valence-corrected chi connectivity index (χ1v) is 7.31. The minimum atomic E-state index is -0.744. The summed E-state index contributed by atoms with van der Waals surface area (Å²) in [4.78, 5) is 26.4. The molecule has 5 nitrogen and oxygen atoms in total. The molecule has 0 spiro atoms. The zero-order valence-corrected chi connectivity index (χ0v) is 13.0. The molecular formula is C16H9Cl2N2O3-. The number of aromatic amines is 1. The van der Waals surface area contributed by atoms with Crippen molar-refractivity contribution in [1.82, 2.24) is 4.98 Å². The molecule has 0 bridgehead atoms. The number of anilines is 1. The van der Waals surface area contributed by atoms with Gasteiger partial charge in [-0.15, -0.1) is 0 Å². The molecule has 0 aliphatic carbocycles. The highest BCUT2D eigenvalue weighted by Gasteiger charge is 2.14. The third kappa shape index (κ3) is 2.88. The van der Waals surface area contributed by atoms with Gasteiger partial charge in [0.15, 0.2) is 0 Å². The van der Waals surface area contributed by atoms with E-state index in [2.05, 4.69) is 10.3 Å². The first-order chi connectivity index (χ1) is 11.0. The van der Waals surface area contributed by atoms with Crippen LogP contribution < -0.4 is 16.0 Å². The van der Waals surface area contributed by atoms with E-state index < -0.39 is 17.3 Å². The second kappa shape index (κ2) is 5.95. The number of amides is 1. The Hall–Kier alpha value is -2.50. The minimum absolute atomic E-state index is 0.133. The van der Waals surface area contributed by atoms with Gasteiger partial charge < -0.3 is 15.4 Å². The van der Waals surface area contributed by atoms with E-state index in [1.165, 1.54) is 12.1 Å². The van der Waals surface area contributed by atoms with Gasteiger partial charge in [-0.3, -0.25) is 9.59 Å². The Labute approximate surface area is 140 Å². The second-order valence-electron chi connectivity index (χ2n) is 4.79. The first kappa shape index (κ1) is 15.4. The zero-order valence-electron chi connectivity index (χ0n) is 11.5. The second-order valence-corrected chi connectivity index (χ2v) is 5.60. The van der Waals surface area contributed by atoms with Crippen LogP contribution in [0.4, 0.5) is 5.69 Å². The fraction of sp³-hybridized carbons (Fsp3) is 0. The highest BCUT2D eigenvalue weighted by molar-refractivity contribution is 6.42. The Kier molecular flexibility index (Phi) is 3.98. The standard InChI is InChI=1S/C16H10Cl2N2O3/c17-11-6-5-8(7-12(11)18)19-15(22)13-9-3-1-2-4-10(9)14(21)20-16(13)23/h1-7H,(H,19,22)(H2,20,21,23)/p-1. The average Bonchev–Trinajstić information content (AvgIpc) is 2.51. The third-order valence-electron chi connectivity index (χ3n) is 3.30. The van der Waals surface area contributed by atoms with Crippen LogP contribution in [0.5, 0.6) is 5.88 Å². The van der Waals surface area contributed by atoms with Crippen LogP contribution >= 0.6 is 23.2 Å². The van der Waals surface area contributed by atoms with Crippen molar-refractivity contribution in [2.24, 2.45) is 0 Å². The fourth-order valence-corrected chi connectivity index (χ4v) is 2.55. The van der Waals surface area contributed by atoms with Crippen molar-refractivity contribution in [2.45, 2.75) is 0 Å². The van der Waals surface area contributed by atoms with E-state index >= 15 is 0 Å². The molecule has 0 saturated heterocycles. The topological polar surface area (TPSA) is 85.0 Å². The van der Waals surface area contributed by atoms with Gasteiger partial charge in [-0.1, -0.05) is 41.4 Å². The molecule has 7 heteroatoms. The fourth-order valence-electron chi connectivity index (χ4n) is 2.25. The lowest BCUT2D eigenvalue weighted by Crippen LogP contribution is -2.20. The number of rotatable bonds is 2. The van der Waals surface area contributed by atoms with Crippen molar-refractivity contribution in [1.29, 1.82) is 0 Å². The highest BCUT2D eigenvalue weighted by atomic mass is 35.5. The zero-order chi connectivity index (χ0) is 16.6. The van der Waals surface area contributed by atoms with Crippen molar-refractivity contribution in [3.63, 3.8) is 0 Å². The molecule has 0 radical (unpaired) electrons. The Balaban J connectivity index is 2.07. The Morgan fingerprint density at radius 1 is 1.04 bits per heavy atom. The first-order valence-electron chi connectivity index (χ1n) is 6.56. The van der Waals surface area contributed by atoms with Gasteiger partial charge in [0.25, 0.3) is 11.5 Å². The number of hydrogen-bond acceptors (Lipinski definition) is 3. The molecule has 1 amide bonds. The minimum Gasteiger partial charge on any atom is -0.860 e. The van der Waals surface area contributed by atoms with E-state index in [9.17, 15) is 14.7 Å². The van der Waals surface area contributed by atoms with Crippen LogP contribution in [0.25, 0.3) is 10.8 Å². The van der Waals surface area contributed by atoms with Crippen LogP contribution in [-0.2, 0) is 0 Å². The lowest BCUT2D eigenvalue weighted by atomic mass is 10.1. The number of fused-ring (bicyclic) bond motifs is 1. The van der Waals surface area contributed by atoms with Crippen LogP contribution in [0.1, 0.15) is 10.4 Å². The average molecular weight is 348 g/mol. The molecule has 1 heterocycles. The number of aromatic nitrogens is 1. The van der Waals surface area contributed by atoms with Gasteiger partial charge in [-0.2, -0.15) is 0 Å². The largest absolute Gasteiger partial charge is 0.860 e. The van der Waals surface area contributed by atoms with Crippen molar-refractivity contribution in [2.75, 3.05) is 5.32 Å². The number of hydrogen-bond donors (Lipinski definition) is 2. The van der Waals surface area contributed by atoms with Crippen LogP contribution in [-0.4, -0.2) is 10.9 Å². The van der Waals surface area contributed by atoms with Crippen molar-refractivity contribution in [3.05, 3.63) is 68.4 Å². The highest BCUT2D eigenvalue weighted by Crippen LogP contribution is 2.26. The molecule has 1 aromatic heterocycles. The number of benzene rings is 2. The van der Waals surface area contributed by atoms with Crippen molar-refractivity contribution < 1.29 is 9.90 Å². The summed E-state index contributed by atoms with van der Waals surface area (Å²) < 4.78 is 0. The van der Waals surface area contributed by atoms with Gasteiger partial charge in [0, 0.05) is 16.5 Å². The van der Waals surface area contributed by atoms with Gasteiger partial charge in [0.05, 0.1) is 15.6 Å². The Morgan fingerprint density at radius 3 is 2.43 bits per heavy atom. The molecule has 0 atom stereocenters. The van der Waals surface area contributed by atoms with Crippen LogP contribution in [0, 0.1) is 0 Å². The Morgan fingerprint density at radius 2 is 1.74 bits per heavy atom. The molecule has 0 saturated carbocycles. The lowest BCUT2D eigenvalue weighted by molar-refractivity contribution is -0.275. The SMILES string of the molecule is O=C(Nc1ccc(Cl)c(Cl)c1)c1c([O-])[nH]c(=O)c2ccccc12. The van der Waals surface area contributed by atoms with E-state index in [-0.39, 0.29) is 16.0 Å². The summed E-state index contributed by atoms with van der Waals surface area (Å²) in [6, 6.07) is 11.0. The molecule has 2 aromatic carbocycles. The molecule has 0 aliphatic heterocycles. The summed E-state index contributed by atoms with van der Waals surface area (Å²) in [5, 5.41) is 15.8. The molecule has 23 heavy (non-hydrogen) atoms. The molecule has 2 N–H and O–H groups in total. The summed E-state index contributed by atoms with van der Waals surface area (Å²) in [6.45, 7) is 0. The summed E-state index contributed by atoms with van der Waals surface area (Å²) >= 11 is 11.7. The monoisotopic (exact) mass is 347 g/mol. The van der Waals surface area contributed by atoms with E-state index in [4.69, 9.17) is 23.2 Å².